The summed E-state index contributed by atoms with van der Waals surface area (Å²) in [5, 5.41) is 28.6. The van der Waals surface area contributed by atoms with Crippen LogP contribution in [0.25, 0.3) is 6.08 Å². The number of aliphatic hydroxyl groups is 1. The Morgan fingerprint density at radius 2 is 1.80 bits per heavy atom. The summed E-state index contributed by atoms with van der Waals surface area (Å²) in [7, 11) is 0. The highest BCUT2D eigenvalue weighted by Crippen LogP contribution is 2.39. The first-order valence-corrected chi connectivity index (χ1v) is 13.7. The Balaban J connectivity index is 1.55. The number of aliphatic hydroxyl groups excluding tert-OH is 1. The van der Waals surface area contributed by atoms with Crippen molar-refractivity contribution in [1.29, 1.82) is 0 Å². The Bertz CT molecular complexity index is 1670. The molecule has 242 valence electrons. The number of hydrogen-bond donors (Lipinski definition) is 3. The number of urea groups is 1. The summed E-state index contributed by atoms with van der Waals surface area (Å²) < 4.78 is 44.7. The highest BCUT2D eigenvalue weighted by molar-refractivity contribution is 6.30. The van der Waals surface area contributed by atoms with Crippen LogP contribution in [-0.2, 0) is 15.8 Å². The zero-order valence-corrected chi connectivity index (χ0v) is 24.8. The number of anilines is 2. The monoisotopic (exact) mass is 662 g/mol. The van der Waals surface area contributed by atoms with E-state index >= 15 is 0 Å². The molecule has 1 saturated heterocycles. The summed E-state index contributed by atoms with van der Waals surface area (Å²) in [6.07, 6.45) is -2.75. The molecule has 4 amide bonds. The quantitative estimate of drug-likeness (QED) is 0.155. The number of carbonyl (C=O) groups excluding carboxylic acids is 3. The van der Waals surface area contributed by atoms with Crippen LogP contribution in [0.4, 0.5) is 35.2 Å². The number of hydrazone groups is 1. The van der Waals surface area contributed by atoms with E-state index in [1.165, 1.54) is 56.3 Å². The average Bonchev–Trinajstić information content (AvgIpc) is 3.54. The Morgan fingerprint density at radius 1 is 1.15 bits per heavy atom. The lowest BCUT2D eigenvalue weighted by Crippen LogP contribution is -2.57. The molecule has 46 heavy (non-hydrogen) atoms. The lowest BCUT2D eigenvalue weighted by molar-refractivity contribution is -0.402. The van der Waals surface area contributed by atoms with Crippen LogP contribution < -0.4 is 15.6 Å². The maximum atomic E-state index is 13.7. The molecule has 2 atom stereocenters. The number of furan rings is 1. The zero-order valence-electron chi connectivity index (χ0n) is 24.1. The number of halogens is 4. The van der Waals surface area contributed by atoms with Gasteiger partial charge in [-0.05, 0) is 80.6 Å². The van der Waals surface area contributed by atoms with E-state index in [1.54, 1.807) is 0 Å². The van der Waals surface area contributed by atoms with E-state index in [2.05, 4.69) is 15.8 Å². The molecular weight excluding hydrogens is 637 g/mol. The molecule has 1 fully saturated rings. The molecule has 2 aromatic carbocycles. The molecule has 17 heteroatoms. The maximum Gasteiger partial charge on any atom is 0.433 e. The van der Waals surface area contributed by atoms with Crippen molar-refractivity contribution in [2.75, 3.05) is 16.8 Å². The van der Waals surface area contributed by atoms with E-state index < -0.39 is 64.6 Å². The fourth-order valence-electron chi connectivity index (χ4n) is 4.74. The molecule has 0 bridgehead atoms. The number of nitrogens with zero attached hydrogens (tertiary/aromatic N) is 4. The number of alkyl halides is 3. The molecule has 1 aliphatic rings. The molecule has 1 aliphatic heterocycles. The summed E-state index contributed by atoms with van der Waals surface area (Å²) in [6.45, 7) is 2.36. The molecule has 0 saturated carbocycles. The zero-order chi connectivity index (χ0) is 33.8. The minimum Gasteiger partial charge on any atom is -0.401 e. The van der Waals surface area contributed by atoms with Crippen molar-refractivity contribution < 1.29 is 42.0 Å². The lowest BCUT2D eigenvalue weighted by Gasteiger charge is -2.36. The minimum absolute atomic E-state index is 0.0568. The number of hydrogen-bond acceptors (Lipinski definition) is 8. The SMILES string of the molecule is CC1(C)C(C(O)C(=O)Nc2ccc(Cl)cc2)N(c2ccc(C(F)(F)F)cc2)C(=O)N1CC(=O)N/N=C/C=C/c1ccc([N+](=O)[O-])o1. The van der Waals surface area contributed by atoms with Gasteiger partial charge in [0.05, 0.1) is 23.2 Å². The second-order valence-electron chi connectivity index (χ2n) is 10.4. The number of nitro groups is 1. The molecule has 0 spiro atoms. The van der Waals surface area contributed by atoms with E-state index in [0.29, 0.717) is 5.02 Å². The minimum atomic E-state index is -4.65. The largest absolute Gasteiger partial charge is 0.433 e. The fourth-order valence-corrected chi connectivity index (χ4v) is 4.87. The van der Waals surface area contributed by atoms with Crippen molar-refractivity contribution in [2.45, 2.75) is 37.7 Å². The Hall–Kier alpha value is -5.22. The number of nitrogens with one attached hydrogen (secondary N) is 2. The summed E-state index contributed by atoms with van der Waals surface area (Å²) in [4.78, 5) is 51.7. The summed E-state index contributed by atoms with van der Waals surface area (Å²) in [6, 6.07) is 9.81. The predicted molar refractivity (Wildman–Crippen MR) is 161 cm³/mol. The van der Waals surface area contributed by atoms with Crippen molar-refractivity contribution in [2.24, 2.45) is 5.10 Å². The van der Waals surface area contributed by atoms with Crippen LogP contribution in [0, 0.1) is 10.1 Å². The van der Waals surface area contributed by atoms with Crippen molar-refractivity contribution in [3.05, 3.63) is 93.2 Å². The topological polar surface area (TPSA) is 171 Å². The van der Waals surface area contributed by atoms with Crippen molar-refractivity contribution in [3.63, 3.8) is 0 Å². The third-order valence-corrected chi connectivity index (χ3v) is 7.24. The average molecular weight is 663 g/mol. The molecule has 4 rings (SSSR count). The highest BCUT2D eigenvalue weighted by atomic mass is 35.5. The van der Waals surface area contributed by atoms with Gasteiger partial charge in [0.15, 0.2) is 6.10 Å². The van der Waals surface area contributed by atoms with E-state index in [-0.39, 0.29) is 17.1 Å². The van der Waals surface area contributed by atoms with Gasteiger partial charge in [-0.25, -0.2) is 10.2 Å². The molecule has 2 unspecified atom stereocenters. The van der Waals surface area contributed by atoms with E-state index in [9.17, 15) is 42.8 Å². The highest BCUT2D eigenvalue weighted by Gasteiger charge is 2.57. The Morgan fingerprint density at radius 3 is 2.39 bits per heavy atom. The number of benzene rings is 2. The first kappa shape index (κ1) is 33.7. The number of rotatable bonds is 10. The number of amides is 4. The van der Waals surface area contributed by atoms with Gasteiger partial charge < -0.3 is 19.7 Å². The van der Waals surface area contributed by atoms with Gasteiger partial charge in [0.25, 0.3) is 11.8 Å². The maximum absolute atomic E-state index is 13.7. The van der Waals surface area contributed by atoms with Crippen LogP contribution in [0.1, 0.15) is 25.2 Å². The first-order chi connectivity index (χ1) is 21.6. The molecule has 0 aliphatic carbocycles. The fraction of sp³-hybridized carbons (Fsp3) is 0.241. The van der Waals surface area contributed by atoms with Gasteiger partial charge in [0, 0.05) is 22.6 Å². The van der Waals surface area contributed by atoms with Gasteiger partial charge in [-0.15, -0.1) is 0 Å². The van der Waals surface area contributed by atoms with Gasteiger partial charge in [-0.2, -0.15) is 18.3 Å². The van der Waals surface area contributed by atoms with Gasteiger partial charge in [-0.3, -0.25) is 24.6 Å². The van der Waals surface area contributed by atoms with Crippen molar-refractivity contribution in [1.82, 2.24) is 10.3 Å². The van der Waals surface area contributed by atoms with Gasteiger partial charge >= 0.3 is 18.1 Å². The smallest absolute Gasteiger partial charge is 0.401 e. The van der Waals surface area contributed by atoms with Crippen LogP contribution in [0.3, 0.4) is 0 Å². The van der Waals surface area contributed by atoms with Crippen molar-refractivity contribution in [3.8, 4) is 0 Å². The van der Waals surface area contributed by atoms with Crippen LogP contribution in [0.5, 0.6) is 0 Å². The number of allylic oxidation sites excluding steroid dienone is 1. The standard InChI is InChI=1S/C29H26ClF3N6O7/c1-28(2)25(24(41)26(42)35-19-9-7-18(30)8-10-19)38(20-11-5-17(6-12-20)29(31,32)33)27(43)37(28)16-22(40)36-34-15-3-4-21-13-14-23(46-21)39(44)45/h3-15,24-25,41H,16H2,1-2H3,(H,35,42)(H,36,40)/b4-3+,34-15+. The molecule has 3 N–H and O–H groups in total. The van der Waals surface area contributed by atoms with Crippen LogP contribution in [0.2, 0.25) is 5.02 Å². The van der Waals surface area contributed by atoms with E-state index in [0.717, 1.165) is 46.3 Å². The van der Waals surface area contributed by atoms with Gasteiger partial charge in [0.2, 0.25) is 0 Å². The molecule has 13 nitrogen and oxygen atoms in total. The number of carbonyl (C=O) groups is 3. The Labute approximate surface area is 264 Å². The first-order valence-electron chi connectivity index (χ1n) is 13.3. The van der Waals surface area contributed by atoms with Gasteiger partial charge in [-0.1, -0.05) is 11.6 Å². The summed E-state index contributed by atoms with van der Waals surface area (Å²) in [5.74, 6) is -2.01. The molecule has 3 aromatic rings. The predicted octanol–water partition coefficient (Wildman–Crippen LogP) is 5.06. The summed E-state index contributed by atoms with van der Waals surface area (Å²) >= 11 is 5.88. The van der Waals surface area contributed by atoms with Crippen molar-refractivity contribution >= 4 is 59.0 Å². The van der Waals surface area contributed by atoms with E-state index in [4.69, 9.17) is 16.0 Å². The summed E-state index contributed by atoms with van der Waals surface area (Å²) in [5.41, 5.74) is 0.0189. The van der Waals surface area contributed by atoms with Gasteiger partial charge in [0.1, 0.15) is 17.2 Å². The lowest BCUT2D eigenvalue weighted by atomic mass is 9.88. The van der Waals surface area contributed by atoms with E-state index in [1.807, 2.05) is 0 Å². The van der Waals surface area contributed by atoms with Crippen LogP contribution in [-0.4, -0.2) is 63.2 Å². The molecule has 1 aromatic heterocycles. The molecular formula is C29H26ClF3N6O7. The van der Waals surface area contributed by atoms with Crippen LogP contribution in [0.15, 0.2) is 76.3 Å². The third kappa shape index (κ3) is 7.52. The second-order valence-corrected chi connectivity index (χ2v) is 10.9. The second kappa shape index (κ2) is 13.4. The Kier molecular flexibility index (Phi) is 9.82. The normalized spacial score (nSPS) is 17.1. The van der Waals surface area contributed by atoms with Crippen LogP contribution >= 0.6 is 11.6 Å². The molecule has 0 radical (unpaired) electrons. The molecule has 2 heterocycles. The third-order valence-electron chi connectivity index (χ3n) is 6.99.